The number of anilines is 1. The molecule has 142 valence electrons. The molecule has 2 heterocycles. The van der Waals surface area contributed by atoms with Crippen LogP contribution in [0.15, 0.2) is 42.6 Å². The zero-order chi connectivity index (χ0) is 19.2. The van der Waals surface area contributed by atoms with Crippen LogP contribution in [-0.4, -0.2) is 41.4 Å². The number of carbonyl (C=O) groups excluding carboxylic acids is 2. The van der Waals surface area contributed by atoms with E-state index >= 15 is 0 Å². The Morgan fingerprint density at radius 3 is 2.89 bits per heavy atom. The van der Waals surface area contributed by atoms with Gasteiger partial charge in [0.05, 0.1) is 5.92 Å². The van der Waals surface area contributed by atoms with Crippen LogP contribution in [0.4, 0.5) is 5.82 Å². The molecule has 1 saturated heterocycles. The molecule has 2 amide bonds. The van der Waals surface area contributed by atoms with Crippen LogP contribution in [0.5, 0.6) is 5.75 Å². The summed E-state index contributed by atoms with van der Waals surface area (Å²) >= 11 is 0. The van der Waals surface area contributed by atoms with E-state index in [-0.39, 0.29) is 24.3 Å². The van der Waals surface area contributed by atoms with Gasteiger partial charge in [0.1, 0.15) is 11.6 Å². The fraction of sp³-hybridized carbons (Fsp3) is 0.381. The van der Waals surface area contributed by atoms with Crippen LogP contribution in [0.2, 0.25) is 0 Å². The highest BCUT2D eigenvalue weighted by atomic mass is 16.5. The van der Waals surface area contributed by atoms with Gasteiger partial charge in [0.25, 0.3) is 5.91 Å². The average molecular weight is 367 g/mol. The van der Waals surface area contributed by atoms with Crippen LogP contribution in [0.3, 0.4) is 0 Å². The number of hydrogen-bond acceptors (Lipinski definition) is 4. The number of hydrogen-bond donors (Lipinski definition) is 1. The number of piperidine rings is 1. The monoisotopic (exact) mass is 367 g/mol. The second-order valence-electron chi connectivity index (χ2n) is 6.94. The van der Waals surface area contributed by atoms with Crippen molar-refractivity contribution < 1.29 is 14.3 Å². The third kappa shape index (κ3) is 5.06. The standard InChI is InChI=1S/C21H25N3O3/c1-15-6-3-9-18(12-15)27-14-19(25)24-11-5-8-17(13-24)21(26)23-20-16(2)7-4-10-22-20/h3-4,6-7,9-10,12,17H,5,8,11,13-14H2,1-2H3,(H,22,23,26). The predicted octanol–water partition coefficient (Wildman–Crippen LogP) is 2.95. The molecule has 1 aliphatic rings. The molecule has 1 unspecified atom stereocenters. The lowest BCUT2D eigenvalue weighted by atomic mass is 9.97. The maximum absolute atomic E-state index is 12.6. The minimum Gasteiger partial charge on any atom is -0.484 e. The van der Waals surface area contributed by atoms with Crippen molar-refractivity contribution in [3.05, 3.63) is 53.7 Å². The number of ether oxygens (including phenoxy) is 1. The fourth-order valence-corrected chi connectivity index (χ4v) is 3.19. The molecule has 0 bridgehead atoms. The summed E-state index contributed by atoms with van der Waals surface area (Å²) in [4.78, 5) is 31.0. The Hall–Kier alpha value is -2.89. The smallest absolute Gasteiger partial charge is 0.260 e. The van der Waals surface area contributed by atoms with Gasteiger partial charge in [-0.05, 0) is 56.0 Å². The summed E-state index contributed by atoms with van der Waals surface area (Å²) in [6, 6.07) is 11.3. The van der Waals surface area contributed by atoms with Gasteiger partial charge in [-0.2, -0.15) is 0 Å². The summed E-state index contributed by atoms with van der Waals surface area (Å²) in [5.41, 5.74) is 2.00. The van der Waals surface area contributed by atoms with Crippen LogP contribution >= 0.6 is 0 Å². The van der Waals surface area contributed by atoms with E-state index in [1.165, 1.54) is 0 Å². The van der Waals surface area contributed by atoms with Crippen molar-refractivity contribution in [3.8, 4) is 5.75 Å². The molecule has 0 aliphatic carbocycles. The van der Waals surface area contributed by atoms with Crippen molar-refractivity contribution in [1.82, 2.24) is 9.88 Å². The van der Waals surface area contributed by atoms with E-state index in [2.05, 4.69) is 10.3 Å². The van der Waals surface area contributed by atoms with Crippen molar-refractivity contribution in [1.29, 1.82) is 0 Å². The minimum atomic E-state index is -0.233. The highest BCUT2D eigenvalue weighted by Crippen LogP contribution is 2.20. The molecule has 1 atom stereocenters. The molecule has 2 aromatic rings. The highest BCUT2D eigenvalue weighted by Gasteiger charge is 2.29. The van der Waals surface area contributed by atoms with Crippen LogP contribution in [-0.2, 0) is 9.59 Å². The summed E-state index contributed by atoms with van der Waals surface area (Å²) in [5, 5.41) is 2.88. The number of nitrogens with zero attached hydrogens (tertiary/aromatic N) is 2. The van der Waals surface area contributed by atoms with E-state index in [0.29, 0.717) is 24.7 Å². The fourth-order valence-electron chi connectivity index (χ4n) is 3.19. The van der Waals surface area contributed by atoms with E-state index in [1.54, 1.807) is 11.1 Å². The van der Waals surface area contributed by atoms with Crippen molar-refractivity contribution >= 4 is 17.6 Å². The zero-order valence-electron chi connectivity index (χ0n) is 15.8. The van der Waals surface area contributed by atoms with Gasteiger partial charge in [-0.25, -0.2) is 4.98 Å². The molecule has 27 heavy (non-hydrogen) atoms. The highest BCUT2D eigenvalue weighted by molar-refractivity contribution is 5.93. The first-order chi connectivity index (χ1) is 13.0. The van der Waals surface area contributed by atoms with Crippen molar-refractivity contribution in [2.45, 2.75) is 26.7 Å². The molecule has 0 saturated carbocycles. The molecular weight excluding hydrogens is 342 g/mol. The molecule has 6 heteroatoms. The zero-order valence-corrected chi connectivity index (χ0v) is 15.8. The third-order valence-corrected chi connectivity index (χ3v) is 4.75. The first-order valence-corrected chi connectivity index (χ1v) is 9.22. The van der Waals surface area contributed by atoms with E-state index < -0.39 is 0 Å². The molecule has 3 rings (SSSR count). The molecular formula is C21H25N3O3. The molecule has 1 fully saturated rings. The summed E-state index contributed by atoms with van der Waals surface area (Å²) < 4.78 is 5.61. The quantitative estimate of drug-likeness (QED) is 0.882. The lowest BCUT2D eigenvalue weighted by Gasteiger charge is -2.32. The topological polar surface area (TPSA) is 71.5 Å². The van der Waals surface area contributed by atoms with E-state index in [0.717, 1.165) is 24.0 Å². The Morgan fingerprint density at radius 1 is 1.26 bits per heavy atom. The summed E-state index contributed by atoms with van der Waals surface area (Å²) in [6.45, 7) is 4.93. The van der Waals surface area contributed by atoms with E-state index in [1.807, 2.05) is 50.2 Å². The second-order valence-corrected chi connectivity index (χ2v) is 6.94. The number of carbonyl (C=O) groups is 2. The maximum atomic E-state index is 12.6. The number of rotatable bonds is 5. The molecule has 6 nitrogen and oxygen atoms in total. The Labute approximate surface area is 159 Å². The van der Waals surface area contributed by atoms with Gasteiger partial charge in [-0.3, -0.25) is 9.59 Å². The lowest BCUT2D eigenvalue weighted by Crippen LogP contribution is -2.45. The Morgan fingerprint density at radius 2 is 2.11 bits per heavy atom. The van der Waals surface area contributed by atoms with Crippen molar-refractivity contribution in [2.24, 2.45) is 5.92 Å². The van der Waals surface area contributed by atoms with E-state index in [4.69, 9.17) is 4.74 Å². The number of pyridine rings is 1. The molecule has 1 N–H and O–H groups in total. The van der Waals surface area contributed by atoms with Gasteiger partial charge in [0, 0.05) is 19.3 Å². The molecule has 0 radical (unpaired) electrons. The van der Waals surface area contributed by atoms with Crippen LogP contribution in [0.25, 0.3) is 0 Å². The van der Waals surface area contributed by atoms with Gasteiger partial charge >= 0.3 is 0 Å². The number of benzene rings is 1. The van der Waals surface area contributed by atoms with Crippen LogP contribution in [0, 0.1) is 19.8 Å². The summed E-state index contributed by atoms with van der Waals surface area (Å²) in [6.07, 6.45) is 3.22. The second kappa shape index (κ2) is 8.66. The van der Waals surface area contributed by atoms with Gasteiger partial charge < -0.3 is 15.0 Å². The predicted molar refractivity (Wildman–Crippen MR) is 104 cm³/mol. The molecule has 1 aromatic carbocycles. The number of likely N-dealkylation sites (tertiary alicyclic amines) is 1. The number of amides is 2. The molecule has 0 spiro atoms. The molecule has 1 aromatic heterocycles. The SMILES string of the molecule is Cc1cccc(OCC(=O)N2CCCC(C(=O)Nc3ncccc3C)C2)c1. The van der Waals surface area contributed by atoms with Crippen molar-refractivity contribution in [2.75, 3.05) is 25.0 Å². The Balaban J connectivity index is 1.54. The minimum absolute atomic E-state index is 0.0167. The maximum Gasteiger partial charge on any atom is 0.260 e. The van der Waals surface area contributed by atoms with Gasteiger partial charge in [0.15, 0.2) is 6.61 Å². The molecule has 1 aliphatic heterocycles. The normalized spacial score (nSPS) is 16.7. The van der Waals surface area contributed by atoms with E-state index in [9.17, 15) is 9.59 Å². The van der Waals surface area contributed by atoms with Gasteiger partial charge in [-0.15, -0.1) is 0 Å². The number of nitrogens with one attached hydrogen (secondary N) is 1. The Kier molecular flexibility index (Phi) is 6.06. The van der Waals surface area contributed by atoms with Crippen molar-refractivity contribution in [3.63, 3.8) is 0 Å². The van der Waals surface area contributed by atoms with Gasteiger partial charge in [-0.1, -0.05) is 18.2 Å². The average Bonchev–Trinajstić information content (AvgIpc) is 2.68. The lowest BCUT2D eigenvalue weighted by molar-refractivity contribution is -0.136. The van der Waals surface area contributed by atoms with Crippen LogP contribution in [0.1, 0.15) is 24.0 Å². The first-order valence-electron chi connectivity index (χ1n) is 9.22. The first kappa shape index (κ1) is 18.9. The third-order valence-electron chi connectivity index (χ3n) is 4.75. The largest absolute Gasteiger partial charge is 0.484 e. The summed E-state index contributed by atoms with van der Waals surface area (Å²) in [7, 11) is 0. The number of aromatic nitrogens is 1. The Bertz CT molecular complexity index is 822. The summed E-state index contributed by atoms with van der Waals surface area (Å²) in [5.74, 6) is 0.842. The van der Waals surface area contributed by atoms with Gasteiger partial charge in [0.2, 0.25) is 5.91 Å². The number of aryl methyl sites for hydroxylation is 2. The van der Waals surface area contributed by atoms with Crippen LogP contribution < -0.4 is 10.1 Å².